The molecule has 0 aromatic rings. The van der Waals surface area contributed by atoms with Crippen LogP contribution in [0.25, 0.3) is 0 Å². The fourth-order valence-electron chi connectivity index (χ4n) is 10.7. The third-order valence-corrected chi connectivity index (χ3v) is 15.9. The fraction of sp³-hybridized carbons (Fsp3) is 0.886. The molecule has 2 atom stereocenters. The molecule has 0 heterocycles. The van der Waals surface area contributed by atoms with Gasteiger partial charge in [0.25, 0.3) is 0 Å². The van der Waals surface area contributed by atoms with Gasteiger partial charge < -0.3 is 20.3 Å². The highest BCUT2D eigenvalue weighted by molar-refractivity contribution is 5.76. The molecule has 448 valence electrons. The molecule has 0 saturated carbocycles. The number of allylic oxidation sites excluding steroid dienone is 6. The van der Waals surface area contributed by atoms with Gasteiger partial charge in [-0.05, 0) is 83.5 Å². The Bertz CT molecular complexity index is 1230. The Balaban J connectivity index is 3.35. The minimum Gasteiger partial charge on any atom is -0.466 e. The zero-order valence-electron chi connectivity index (χ0n) is 51.3. The maximum absolute atomic E-state index is 12.4. The lowest BCUT2D eigenvalue weighted by Gasteiger charge is -2.22. The van der Waals surface area contributed by atoms with E-state index in [1.165, 1.54) is 289 Å². The molecule has 6 heteroatoms. The van der Waals surface area contributed by atoms with Crippen molar-refractivity contribution >= 4 is 11.9 Å². The molecule has 0 saturated heterocycles. The third kappa shape index (κ3) is 61.3. The summed E-state index contributed by atoms with van der Waals surface area (Å²) in [6.07, 6.45) is 83.4. The van der Waals surface area contributed by atoms with Gasteiger partial charge in [0.05, 0.1) is 25.4 Å². The van der Waals surface area contributed by atoms with Gasteiger partial charge >= 0.3 is 5.97 Å². The summed E-state index contributed by atoms with van der Waals surface area (Å²) in [6, 6.07) is -0.538. The number of rotatable bonds is 64. The molecule has 2 unspecified atom stereocenters. The number of carbonyl (C=O) groups excluding carboxylic acids is 2. The highest BCUT2D eigenvalue weighted by atomic mass is 16.5. The zero-order chi connectivity index (χ0) is 55.0. The van der Waals surface area contributed by atoms with Gasteiger partial charge in [-0.25, -0.2) is 0 Å². The maximum atomic E-state index is 12.4. The van der Waals surface area contributed by atoms with Crippen LogP contribution < -0.4 is 5.32 Å². The Morgan fingerprint density at radius 1 is 0.368 bits per heavy atom. The van der Waals surface area contributed by atoms with Crippen molar-refractivity contribution in [3.05, 3.63) is 36.5 Å². The fourth-order valence-corrected chi connectivity index (χ4v) is 10.7. The van der Waals surface area contributed by atoms with Gasteiger partial charge in [-0.2, -0.15) is 0 Å². The summed E-state index contributed by atoms with van der Waals surface area (Å²) >= 11 is 0. The van der Waals surface area contributed by atoms with Gasteiger partial charge in [0, 0.05) is 12.8 Å². The quantitative estimate of drug-likeness (QED) is 0.0320. The second kappa shape index (κ2) is 65.6. The van der Waals surface area contributed by atoms with Crippen LogP contribution in [0.2, 0.25) is 0 Å². The molecule has 0 bridgehead atoms. The summed E-state index contributed by atoms with van der Waals surface area (Å²) in [5.41, 5.74) is 0. The minimum absolute atomic E-state index is 0.00698. The van der Waals surface area contributed by atoms with Crippen molar-refractivity contribution in [2.75, 3.05) is 13.2 Å². The first-order valence-electron chi connectivity index (χ1n) is 34.2. The van der Waals surface area contributed by atoms with Crippen molar-refractivity contribution < 1.29 is 24.5 Å². The second-order valence-corrected chi connectivity index (χ2v) is 23.5. The van der Waals surface area contributed by atoms with E-state index in [-0.39, 0.29) is 18.5 Å². The van der Waals surface area contributed by atoms with Crippen LogP contribution in [-0.2, 0) is 14.3 Å². The Morgan fingerprint density at radius 2 is 0.658 bits per heavy atom. The maximum Gasteiger partial charge on any atom is 0.305 e. The van der Waals surface area contributed by atoms with E-state index in [4.69, 9.17) is 4.74 Å². The Hall–Kier alpha value is -1.92. The molecule has 76 heavy (non-hydrogen) atoms. The molecule has 3 N–H and O–H groups in total. The van der Waals surface area contributed by atoms with Gasteiger partial charge in [0.1, 0.15) is 0 Å². The molecule has 0 aliphatic heterocycles. The van der Waals surface area contributed by atoms with Gasteiger partial charge in [0.2, 0.25) is 5.91 Å². The number of carbonyl (C=O) groups is 2. The predicted octanol–water partition coefficient (Wildman–Crippen LogP) is 21.9. The van der Waals surface area contributed by atoms with Gasteiger partial charge in [0.15, 0.2) is 0 Å². The number of esters is 1. The Morgan fingerprint density at radius 3 is 1.01 bits per heavy atom. The first kappa shape index (κ1) is 74.1. The van der Waals surface area contributed by atoms with Crippen LogP contribution in [0.1, 0.15) is 373 Å². The lowest BCUT2D eigenvalue weighted by molar-refractivity contribution is -0.143. The molecule has 0 aliphatic rings. The summed E-state index contributed by atoms with van der Waals surface area (Å²) in [6.45, 7) is 4.95. The summed E-state index contributed by atoms with van der Waals surface area (Å²) in [5, 5.41) is 23.2. The van der Waals surface area contributed by atoms with Crippen LogP contribution in [0.4, 0.5) is 0 Å². The van der Waals surface area contributed by atoms with E-state index in [2.05, 4.69) is 55.6 Å². The molecule has 0 spiro atoms. The standard InChI is InChI=1S/C70H133NO5/c1-3-5-7-9-11-13-15-16-17-38-41-44-48-52-56-60-64-70(75)76-65-61-57-53-49-45-42-39-36-34-32-30-28-26-24-22-20-18-19-21-23-25-27-29-31-33-35-37-40-43-47-51-55-59-63-69(74)71-67(66-72)68(73)62-58-54-50-46-14-12-10-8-6-4-2/h17,22,24,28,30,38,67-68,72-73H,3-16,18-21,23,25-27,29,31-37,39-66H2,1-2H3,(H,71,74)/b24-22-,30-28-,38-17-. The van der Waals surface area contributed by atoms with Crippen LogP contribution in [-0.4, -0.2) is 47.4 Å². The van der Waals surface area contributed by atoms with Crippen LogP contribution >= 0.6 is 0 Å². The monoisotopic (exact) mass is 1070 g/mol. The summed E-state index contributed by atoms with van der Waals surface area (Å²) in [4.78, 5) is 24.5. The van der Waals surface area contributed by atoms with Crippen molar-refractivity contribution in [2.45, 2.75) is 386 Å². The first-order chi connectivity index (χ1) is 37.5. The smallest absolute Gasteiger partial charge is 0.305 e. The largest absolute Gasteiger partial charge is 0.466 e. The molecule has 6 nitrogen and oxygen atoms in total. The summed E-state index contributed by atoms with van der Waals surface area (Å²) < 4.78 is 5.49. The highest BCUT2D eigenvalue weighted by Crippen LogP contribution is 2.18. The highest BCUT2D eigenvalue weighted by Gasteiger charge is 2.20. The average Bonchev–Trinajstić information content (AvgIpc) is 3.42. The third-order valence-electron chi connectivity index (χ3n) is 15.9. The molecular formula is C70H133NO5. The summed E-state index contributed by atoms with van der Waals surface area (Å²) in [5.74, 6) is -0.0266. The van der Waals surface area contributed by atoms with Crippen molar-refractivity contribution in [1.82, 2.24) is 5.32 Å². The number of aliphatic hydroxyl groups is 2. The van der Waals surface area contributed by atoms with Crippen LogP contribution in [0.5, 0.6) is 0 Å². The molecule has 0 rings (SSSR count). The van der Waals surface area contributed by atoms with E-state index in [0.717, 1.165) is 51.4 Å². The number of hydrogen-bond acceptors (Lipinski definition) is 5. The molecule has 1 amide bonds. The SMILES string of the molecule is CCCCCCCCC/C=C\CCCCCCCC(=O)OCCCCCCCCCCC/C=C\C/C=C\CCCCCCCCCCCCCCCCCCCC(=O)NC(CO)C(O)CCCCCCCCCCCC. The van der Waals surface area contributed by atoms with Gasteiger partial charge in [-0.1, -0.05) is 314 Å². The van der Waals surface area contributed by atoms with E-state index in [1.807, 2.05) is 0 Å². The van der Waals surface area contributed by atoms with Crippen LogP contribution in [0.3, 0.4) is 0 Å². The first-order valence-corrected chi connectivity index (χ1v) is 34.2. The molecule has 0 aromatic carbocycles. The van der Waals surface area contributed by atoms with E-state index < -0.39 is 12.1 Å². The van der Waals surface area contributed by atoms with Gasteiger partial charge in [-0.3, -0.25) is 9.59 Å². The molecule has 0 fully saturated rings. The lowest BCUT2D eigenvalue weighted by atomic mass is 10.0. The molecule has 0 radical (unpaired) electrons. The molecule has 0 aliphatic carbocycles. The topological polar surface area (TPSA) is 95.9 Å². The van der Waals surface area contributed by atoms with Crippen molar-refractivity contribution in [1.29, 1.82) is 0 Å². The van der Waals surface area contributed by atoms with Crippen LogP contribution in [0, 0.1) is 0 Å². The number of unbranched alkanes of at least 4 members (excludes halogenated alkanes) is 47. The number of ether oxygens (including phenoxy) is 1. The van der Waals surface area contributed by atoms with Crippen molar-refractivity contribution in [2.24, 2.45) is 0 Å². The molecular weight excluding hydrogens is 935 g/mol. The van der Waals surface area contributed by atoms with Crippen molar-refractivity contribution in [3.63, 3.8) is 0 Å². The number of amides is 1. The Labute approximate surface area is 474 Å². The minimum atomic E-state index is -0.661. The average molecular weight is 1070 g/mol. The number of hydrogen-bond donors (Lipinski definition) is 3. The number of nitrogens with one attached hydrogen (secondary N) is 1. The lowest BCUT2D eigenvalue weighted by Crippen LogP contribution is -2.45. The van der Waals surface area contributed by atoms with E-state index in [0.29, 0.717) is 25.9 Å². The van der Waals surface area contributed by atoms with Crippen molar-refractivity contribution in [3.8, 4) is 0 Å². The predicted molar refractivity (Wildman–Crippen MR) is 333 cm³/mol. The van der Waals surface area contributed by atoms with E-state index in [9.17, 15) is 19.8 Å². The van der Waals surface area contributed by atoms with E-state index >= 15 is 0 Å². The van der Waals surface area contributed by atoms with E-state index in [1.54, 1.807) is 0 Å². The summed E-state index contributed by atoms with van der Waals surface area (Å²) in [7, 11) is 0. The van der Waals surface area contributed by atoms with Gasteiger partial charge in [-0.15, -0.1) is 0 Å². The Kier molecular flexibility index (Phi) is 63.9. The number of aliphatic hydroxyl groups excluding tert-OH is 2. The normalized spacial score (nSPS) is 12.7. The zero-order valence-corrected chi connectivity index (χ0v) is 51.3. The molecule has 0 aromatic heterocycles. The second-order valence-electron chi connectivity index (χ2n) is 23.5. The van der Waals surface area contributed by atoms with Crippen LogP contribution in [0.15, 0.2) is 36.5 Å².